The van der Waals surface area contributed by atoms with Crippen molar-refractivity contribution in [3.8, 4) is 0 Å². The molecule has 21 heavy (non-hydrogen) atoms. The van der Waals surface area contributed by atoms with Crippen molar-refractivity contribution in [1.82, 2.24) is 0 Å². The third-order valence-corrected chi connectivity index (χ3v) is 5.09. The molecule has 0 amide bonds. The number of nitrogens with zero attached hydrogens (tertiary/aromatic N) is 1. The molecule has 0 saturated carbocycles. The molecule has 0 aromatic heterocycles. The third-order valence-electron chi connectivity index (χ3n) is 3.34. The molecule has 0 saturated heterocycles. The number of aliphatic imine (C=N–C) groups is 1. The van der Waals surface area contributed by atoms with Crippen molar-refractivity contribution in [3.63, 3.8) is 0 Å². The number of hydrogen-bond donors (Lipinski definition) is 0. The van der Waals surface area contributed by atoms with Crippen LogP contribution in [0.4, 0.5) is 8.78 Å². The van der Waals surface area contributed by atoms with E-state index in [1.165, 1.54) is 30.0 Å². The Morgan fingerprint density at radius 3 is 2.48 bits per heavy atom. The zero-order valence-corrected chi connectivity index (χ0v) is 13.4. The van der Waals surface area contributed by atoms with E-state index < -0.39 is 11.6 Å². The largest absolute Gasteiger partial charge is 0.269 e. The van der Waals surface area contributed by atoms with Crippen LogP contribution in [0.15, 0.2) is 51.9 Å². The molecule has 3 rings (SSSR count). The van der Waals surface area contributed by atoms with E-state index in [0.717, 1.165) is 22.2 Å². The Morgan fingerprint density at radius 1 is 1.05 bits per heavy atom. The van der Waals surface area contributed by atoms with E-state index in [4.69, 9.17) is 0 Å². The lowest BCUT2D eigenvalue weighted by Crippen LogP contribution is -2.13. The summed E-state index contributed by atoms with van der Waals surface area (Å²) in [5, 5.41) is 0.442. The summed E-state index contributed by atoms with van der Waals surface area (Å²) in [6.07, 6.45) is 0.854. The number of benzene rings is 2. The fourth-order valence-electron chi connectivity index (χ4n) is 2.32. The van der Waals surface area contributed by atoms with Gasteiger partial charge >= 0.3 is 0 Å². The van der Waals surface area contributed by atoms with Crippen LogP contribution in [-0.4, -0.2) is 10.8 Å². The molecular weight excluding hydrogens is 356 g/mol. The first-order valence-corrected chi connectivity index (χ1v) is 8.34. The summed E-state index contributed by atoms with van der Waals surface area (Å²) in [5.41, 5.74) is 1.03. The molecule has 1 aliphatic rings. The lowest BCUT2D eigenvalue weighted by Gasteiger charge is -2.21. The summed E-state index contributed by atoms with van der Waals surface area (Å²) in [6.45, 7) is 0. The van der Waals surface area contributed by atoms with Crippen molar-refractivity contribution in [2.45, 2.75) is 12.5 Å². The van der Waals surface area contributed by atoms with Crippen molar-refractivity contribution < 1.29 is 8.78 Å². The van der Waals surface area contributed by atoms with E-state index in [-0.39, 0.29) is 11.6 Å². The van der Waals surface area contributed by atoms with Crippen LogP contribution >= 0.6 is 27.7 Å². The van der Waals surface area contributed by atoms with Crippen LogP contribution in [0, 0.1) is 11.6 Å². The van der Waals surface area contributed by atoms with Gasteiger partial charge in [0.25, 0.3) is 0 Å². The minimum atomic E-state index is -0.561. The van der Waals surface area contributed by atoms with Gasteiger partial charge in [0.15, 0.2) is 0 Å². The quantitative estimate of drug-likeness (QED) is 0.696. The van der Waals surface area contributed by atoms with E-state index in [2.05, 4.69) is 20.9 Å². The zero-order valence-electron chi connectivity index (χ0n) is 11.0. The fourth-order valence-corrected chi connectivity index (χ4v) is 3.94. The molecule has 0 N–H and O–H groups in total. The summed E-state index contributed by atoms with van der Waals surface area (Å²) in [4.78, 5) is 4.57. The van der Waals surface area contributed by atoms with Gasteiger partial charge in [0, 0.05) is 10.2 Å². The average Bonchev–Trinajstić information content (AvgIpc) is 2.48. The fraction of sp³-hybridized carbons (Fsp3) is 0.188. The van der Waals surface area contributed by atoms with Crippen LogP contribution in [0.1, 0.15) is 23.6 Å². The van der Waals surface area contributed by atoms with E-state index in [1.54, 1.807) is 0 Å². The highest BCUT2D eigenvalue weighted by Gasteiger charge is 2.23. The highest BCUT2D eigenvalue weighted by atomic mass is 79.9. The van der Waals surface area contributed by atoms with Crippen molar-refractivity contribution in [3.05, 3.63) is 69.7 Å². The van der Waals surface area contributed by atoms with Crippen molar-refractivity contribution >= 4 is 32.7 Å². The molecule has 0 fully saturated rings. The Bertz CT molecular complexity index is 682. The first-order valence-electron chi connectivity index (χ1n) is 6.56. The van der Waals surface area contributed by atoms with Crippen LogP contribution in [0.5, 0.6) is 0 Å². The molecule has 1 nitrogen and oxygen atoms in total. The first kappa shape index (κ1) is 14.7. The normalized spacial score (nSPS) is 18.4. The van der Waals surface area contributed by atoms with E-state index in [0.29, 0.717) is 5.04 Å². The Morgan fingerprint density at radius 2 is 1.76 bits per heavy atom. The maximum atomic E-state index is 13.9. The maximum Gasteiger partial charge on any atom is 0.136 e. The zero-order chi connectivity index (χ0) is 14.8. The van der Waals surface area contributed by atoms with Gasteiger partial charge in [-0.2, -0.15) is 0 Å². The minimum Gasteiger partial charge on any atom is -0.269 e. The van der Waals surface area contributed by atoms with E-state index >= 15 is 0 Å². The molecule has 0 radical (unpaired) electrons. The number of rotatable bonds is 2. The smallest absolute Gasteiger partial charge is 0.136 e. The van der Waals surface area contributed by atoms with Gasteiger partial charge in [-0.1, -0.05) is 40.2 Å². The molecule has 1 atom stereocenters. The Balaban J connectivity index is 2.03. The number of hydrogen-bond acceptors (Lipinski definition) is 2. The van der Waals surface area contributed by atoms with Gasteiger partial charge in [-0.25, -0.2) is 8.78 Å². The molecule has 108 valence electrons. The predicted octanol–water partition coefficient (Wildman–Crippen LogP) is 5.35. The lowest BCUT2D eigenvalue weighted by molar-refractivity contribution is 0.578. The van der Waals surface area contributed by atoms with Gasteiger partial charge in [0.05, 0.1) is 11.6 Å². The Hall–Kier alpha value is -1.20. The Kier molecular flexibility index (Phi) is 4.40. The van der Waals surface area contributed by atoms with Crippen LogP contribution in [-0.2, 0) is 0 Å². The van der Waals surface area contributed by atoms with Crippen molar-refractivity contribution in [1.29, 1.82) is 0 Å². The molecule has 1 heterocycles. The first-order chi connectivity index (χ1) is 10.2. The second kappa shape index (κ2) is 6.28. The van der Waals surface area contributed by atoms with Gasteiger partial charge in [-0.3, -0.25) is 4.99 Å². The molecule has 0 aliphatic carbocycles. The standard InChI is InChI=1S/C16H12BrF2NS/c17-11-5-2-1-4-10(11)14-8-9-21-16(20-14)15-12(18)6-3-7-13(15)19/h1-7,14H,8-9H2. The highest BCUT2D eigenvalue weighted by Crippen LogP contribution is 2.35. The van der Waals surface area contributed by atoms with Crippen LogP contribution in [0.25, 0.3) is 0 Å². The topological polar surface area (TPSA) is 12.4 Å². The van der Waals surface area contributed by atoms with Gasteiger partial charge < -0.3 is 0 Å². The lowest BCUT2D eigenvalue weighted by atomic mass is 10.0. The van der Waals surface area contributed by atoms with Crippen molar-refractivity contribution in [2.24, 2.45) is 4.99 Å². The van der Waals surface area contributed by atoms with Gasteiger partial charge in [0.2, 0.25) is 0 Å². The second-order valence-electron chi connectivity index (χ2n) is 4.71. The van der Waals surface area contributed by atoms with Crippen LogP contribution < -0.4 is 0 Å². The maximum absolute atomic E-state index is 13.9. The van der Waals surface area contributed by atoms with Crippen molar-refractivity contribution in [2.75, 3.05) is 5.75 Å². The molecule has 5 heteroatoms. The predicted molar refractivity (Wildman–Crippen MR) is 86.9 cm³/mol. The van der Waals surface area contributed by atoms with Gasteiger partial charge in [-0.05, 0) is 30.2 Å². The summed E-state index contributed by atoms with van der Waals surface area (Å²) in [5.74, 6) is -0.332. The van der Waals surface area contributed by atoms with E-state index in [9.17, 15) is 8.78 Å². The molecular formula is C16H12BrF2NS. The summed E-state index contributed by atoms with van der Waals surface area (Å²) in [6, 6.07) is 11.7. The van der Waals surface area contributed by atoms with Crippen LogP contribution in [0.3, 0.4) is 0 Å². The Labute approximate surface area is 134 Å². The average molecular weight is 368 g/mol. The molecule has 2 aromatic carbocycles. The molecule has 1 unspecified atom stereocenters. The van der Waals surface area contributed by atoms with E-state index in [1.807, 2.05) is 24.3 Å². The number of thioether (sulfide) groups is 1. The minimum absolute atomic E-state index is 0.0146. The summed E-state index contributed by atoms with van der Waals surface area (Å²) in [7, 11) is 0. The SMILES string of the molecule is Fc1cccc(F)c1C1=NC(c2ccccc2Br)CCS1. The monoisotopic (exact) mass is 367 g/mol. The highest BCUT2D eigenvalue weighted by molar-refractivity contribution is 9.10. The summed E-state index contributed by atoms with van der Waals surface area (Å²) < 4.78 is 28.8. The number of halogens is 3. The molecule has 0 spiro atoms. The molecule has 0 bridgehead atoms. The second-order valence-corrected chi connectivity index (χ2v) is 6.64. The molecule has 1 aliphatic heterocycles. The van der Waals surface area contributed by atoms with Gasteiger partial charge in [0.1, 0.15) is 16.7 Å². The third kappa shape index (κ3) is 3.04. The summed E-state index contributed by atoms with van der Waals surface area (Å²) >= 11 is 4.92. The van der Waals surface area contributed by atoms with Gasteiger partial charge in [-0.15, -0.1) is 11.8 Å². The molecule has 2 aromatic rings. The van der Waals surface area contributed by atoms with Crippen LogP contribution in [0.2, 0.25) is 0 Å².